The first kappa shape index (κ1) is 24.2. The van der Waals surface area contributed by atoms with Crippen LogP contribution in [0.5, 0.6) is 5.75 Å². The third-order valence-corrected chi connectivity index (χ3v) is 7.81. The van der Waals surface area contributed by atoms with Crippen molar-refractivity contribution in [2.75, 3.05) is 10.6 Å². The van der Waals surface area contributed by atoms with E-state index in [1.54, 1.807) is 12.3 Å². The summed E-state index contributed by atoms with van der Waals surface area (Å²) in [5, 5.41) is 21.5. The minimum absolute atomic E-state index is 0.00151. The molecule has 1 atom stereocenters. The molecule has 5 aromatic rings. The van der Waals surface area contributed by atoms with Crippen molar-refractivity contribution in [2.45, 2.75) is 25.8 Å². The summed E-state index contributed by atoms with van der Waals surface area (Å²) in [6, 6.07) is 27.6. The molecule has 0 fully saturated rings. The second kappa shape index (κ2) is 10.3. The Labute approximate surface area is 229 Å². The van der Waals surface area contributed by atoms with E-state index in [0.29, 0.717) is 6.54 Å². The number of carbonyl (C=O) groups excluding carboxylic acids is 1. The van der Waals surface area contributed by atoms with E-state index in [1.807, 2.05) is 65.2 Å². The number of pyridine rings is 1. The number of nitrogens with zero attached hydrogens (tertiary/aromatic N) is 2. The van der Waals surface area contributed by atoms with E-state index in [9.17, 15) is 9.90 Å². The summed E-state index contributed by atoms with van der Waals surface area (Å²) in [6.45, 7) is 0.574. The highest BCUT2D eigenvalue weighted by atomic mass is 79.9. The Hall–Kier alpha value is -4.10. The van der Waals surface area contributed by atoms with Crippen LogP contribution in [0.2, 0.25) is 0 Å². The van der Waals surface area contributed by atoms with Crippen LogP contribution in [0.1, 0.15) is 23.1 Å². The second-order valence-corrected chi connectivity index (χ2v) is 10.5. The predicted octanol–water partition coefficient (Wildman–Crippen LogP) is 6.83. The lowest BCUT2D eigenvalue weighted by atomic mass is 9.83. The summed E-state index contributed by atoms with van der Waals surface area (Å²) in [6.07, 6.45) is 4.38. The number of carbonyl (C=O) groups is 1. The van der Waals surface area contributed by atoms with Gasteiger partial charge in [-0.3, -0.25) is 4.79 Å². The molecule has 38 heavy (non-hydrogen) atoms. The number of anilines is 2. The molecule has 3 aromatic carbocycles. The first-order valence-electron chi connectivity index (χ1n) is 12.7. The number of aromatic hydroxyl groups is 1. The van der Waals surface area contributed by atoms with Gasteiger partial charge in [0.25, 0.3) is 0 Å². The number of para-hydroxylation sites is 1. The van der Waals surface area contributed by atoms with Gasteiger partial charge in [-0.25, -0.2) is 4.52 Å². The molecule has 0 saturated heterocycles. The van der Waals surface area contributed by atoms with Crippen LogP contribution in [0.15, 0.2) is 95.6 Å². The summed E-state index contributed by atoms with van der Waals surface area (Å²) < 4.78 is 2.71. The van der Waals surface area contributed by atoms with Gasteiger partial charge < -0.3 is 15.7 Å². The fourth-order valence-corrected chi connectivity index (χ4v) is 5.49. The minimum Gasteiger partial charge on any atom is -0.507 e. The standard InChI is InChI=1S/C31H27BrN4O2/c32-27-19-34-36-28(27)16-24(26-7-3-4-8-29(26)37)17-30(36)33-18-20-9-13-25(14-10-20)35-31(38)23-12-11-21-5-1-2-6-22(21)15-23/h1-10,13-14,16-17,19,23,33,37H,11-12,15,18H2,(H,35,38). The van der Waals surface area contributed by atoms with Gasteiger partial charge in [0.05, 0.1) is 16.2 Å². The van der Waals surface area contributed by atoms with Gasteiger partial charge in [0.1, 0.15) is 11.6 Å². The van der Waals surface area contributed by atoms with E-state index in [2.05, 4.69) is 49.9 Å². The quantitative estimate of drug-likeness (QED) is 0.210. The predicted molar refractivity (Wildman–Crippen MR) is 154 cm³/mol. The number of amides is 1. The van der Waals surface area contributed by atoms with E-state index < -0.39 is 0 Å². The highest BCUT2D eigenvalue weighted by molar-refractivity contribution is 9.10. The lowest BCUT2D eigenvalue weighted by Crippen LogP contribution is -2.28. The molecule has 3 N–H and O–H groups in total. The lowest BCUT2D eigenvalue weighted by molar-refractivity contribution is -0.120. The summed E-state index contributed by atoms with van der Waals surface area (Å²) in [5.41, 5.74) is 7.07. The molecule has 6 rings (SSSR count). The molecule has 1 amide bonds. The van der Waals surface area contributed by atoms with Crippen molar-refractivity contribution in [1.29, 1.82) is 0 Å². The molecular formula is C31H27BrN4O2. The molecule has 2 heterocycles. The normalized spacial score (nSPS) is 14.7. The van der Waals surface area contributed by atoms with Gasteiger partial charge in [0, 0.05) is 23.7 Å². The highest BCUT2D eigenvalue weighted by Crippen LogP contribution is 2.34. The van der Waals surface area contributed by atoms with Gasteiger partial charge in [0.2, 0.25) is 5.91 Å². The fourth-order valence-electron chi connectivity index (χ4n) is 5.12. The van der Waals surface area contributed by atoms with Gasteiger partial charge in [-0.15, -0.1) is 0 Å². The van der Waals surface area contributed by atoms with E-state index in [1.165, 1.54) is 11.1 Å². The molecule has 2 aromatic heterocycles. The van der Waals surface area contributed by atoms with Crippen LogP contribution >= 0.6 is 15.9 Å². The molecule has 0 saturated carbocycles. The zero-order chi connectivity index (χ0) is 26.1. The Morgan fingerprint density at radius 2 is 1.76 bits per heavy atom. The molecular weight excluding hydrogens is 540 g/mol. The number of hydrogen-bond acceptors (Lipinski definition) is 4. The Bertz CT molecular complexity index is 1630. The van der Waals surface area contributed by atoms with Crippen LogP contribution in [-0.2, 0) is 24.2 Å². The highest BCUT2D eigenvalue weighted by Gasteiger charge is 2.24. The van der Waals surface area contributed by atoms with E-state index in [0.717, 1.165) is 57.4 Å². The topological polar surface area (TPSA) is 78.7 Å². The second-order valence-electron chi connectivity index (χ2n) is 9.68. The van der Waals surface area contributed by atoms with Crippen molar-refractivity contribution in [3.8, 4) is 16.9 Å². The first-order valence-corrected chi connectivity index (χ1v) is 13.5. The van der Waals surface area contributed by atoms with Crippen LogP contribution in [-0.4, -0.2) is 20.6 Å². The van der Waals surface area contributed by atoms with Crippen molar-refractivity contribution in [3.63, 3.8) is 0 Å². The monoisotopic (exact) mass is 566 g/mol. The zero-order valence-corrected chi connectivity index (χ0v) is 22.3. The van der Waals surface area contributed by atoms with Crippen molar-refractivity contribution < 1.29 is 9.90 Å². The van der Waals surface area contributed by atoms with Crippen molar-refractivity contribution in [3.05, 3.63) is 112 Å². The number of aryl methyl sites for hydroxylation is 1. The maximum atomic E-state index is 12.9. The SMILES string of the molecule is O=C(Nc1ccc(CNc2cc(-c3ccccc3O)cc3c(Br)cnn23)cc1)C1CCc2ccccc2C1. The summed E-state index contributed by atoms with van der Waals surface area (Å²) >= 11 is 3.58. The van der Waals surface area contributed by atoms with E-state index >= 15 is 0 Å². The largest absolute Gasteiger partial charge is 0.507 e. The smallest absolute Gasteiger partial charge is 0.227 e. The van der Waals surface area contributed by atoms with Crippen LogP contribution in [0.4, 0.5) is 11.5 Å². The number of nitrogens with one attached hydrogen (secondary N) is 2. The van der Waals surface area contributed by atoms with Gasteiger partial charge in [-0.2, -0.15) is 5.10 Å². The number of fused-ring (bicyclic) bond motifs is 2. The summed E-state index contributed by atoms with van der Waals surface area (Å²) in [4.78, 5) is 12.9. The van der Waals surface area contributed by atoms with Gasteiger partial charge in [-0.1, -0.05) is 54.6 Å². The lowest BCUT2D eigenvalue weighted by Gasteiger charge is -2.23. The Morgan fingerprint density at radius 1 is 1.00 bits per heavy atom. The minimum atomic E-state index is -0.00151. The fraction of sp³-hybridized carbons (Fsp3) is 0.161. The maximum Gasteiger partial charge on any atom is 0.227 e. The molecule has 0 bridgehead atoms. The average molecular weight is 567 g/mol. The van der Waals surface area contributed by atoms with Gasteiger partial charge in [0.15, 0.2) is 0 Å². The number of aromatic nitrogens is 2. The van der Waals surface area contributed by atoms with Crippen LogP contribution in [0, 0.1) is 5.92 Å². The molecule has 7 heteroatoms. The number of phenols is 1. The van der Waals surface area contributed by atoms with Crippen LogP contribution in [0.3, 0.4) is 0 Å². The van der Waals surface area contributed by atoms with E-state index in [-0.39, 0.29) is 17.6 Å². The summed E-state index contributed by atoms with van der Waals surface area (Å²) in [7, 11) is 0. The van der Waals surface area contributed by atoms with Crippen molar-refractivity contribution >= 4 is 38.9 Å². The Balaban J connectivity index is 1.15. The molecule has 1 aliphatic rings. The van der Waals surface area contributed by atoms with Crippen molar-refractivity contribution in [2.24, 2.45) is 5.92 Å². The van der Waals surface area contributed by atoms with Crippen molar-refractivity contribution in [1.82, 2.24) is 9.61 Å². The molecule has 0 radical (unpaired) electrons. The van der Waals surface area contributed by atoms with Crippen LogP contribution < -0.4 is 10.6 Å². The zero-order valence-electron chi connectivity index (χ0n) is 20.7. The number of hydrogen-bond donors (Lipinski definition) is 3. The number of rotatable bonds is 6. The third kappa shape index (κ3) is 4.89. The number of benzene rings is 3. The molecule has 0 aliphatic heterocycles. The molecule has 1 unspecified atom stereocenters. The molecule has 190 valence electrons. The Morgan fingerprint density at radius 3 is 2.58 bits per heavy atom. The number of phenolic OH excluding ortho intramolecular Hbond substituents is 1. The average Bonchev–Trinajstić information content (AvgIpc) is 3.33. The van der Waals surface area contributed by atoms with Gasteiger partial charge in [-0.05, 0) is 87.8 Å². The molecule has 1 aliphatic carbocycles. The van der Waals surface area contributed by atoms with Crippen LogP contribution in [0.25, 0.3) is 16.6 Å². The first-order chi connectivity index (χ1) is 18.5. The molecule has 6 nitrogen and oxygen atoms in total. The van der Waals surface area contributed by atoms with E-state index in [4.69, 9.17) is 0 Å². The molecule has 0 spiro atoms. The number of halogens is 1. The summed E-state index contributed by atoms with van der Waals surface area (Å²) in [5.74, 6) is 1.12. The maximum absolute atomic E-state index is 12.9. The van der Waals surface area contributed by atoms with Gasteiger partial charge >= 0.3 is 0 Å². The third-order valence-electron chi connectivity index (χ3n) is 7.20. The Kier molecular flexibility index (Phi) is 6.60.